The summed E-state index contributed by atoms with van der Waals surface area (Å²) in [7, 11) is 1.17. The quantitative estimate of drug-likeness (QED) is 0.229. The molecule has 0 aliphatic heterocycles. The van der Waals surface area contributed by atoms with Crippen LogP contribution in [0.5, 0.6) is 5.75 Å². The number of carbonyl (C=O) groups excluding carboxylic acids is 4. The van der Waals surface area contributed by atoms with E-state index in [0.29, 0.717) is 29.7 Å². The van der Waals surface area contributed by atoms with Gasteiger partial charge in [-0.15, -0.1) is 0 Å². The van der Waals surface area contributed by atoms with Gasteiger partial charge in [0.05, 0.1) is 18.5 Å². The van der Waals surface area contributed by atoms with Crippen LogP contribution >= 0.6 is 0 Å². The number of fused-ring (bicyclic) bond motifs is 5. The number of aromatic hydroxyl groups is 1. The molecule has 3 fully saturated rings. The summed E-state index contributed by atoms with van der Waals surface area (Å²) in [4.78, 5) is 60.6. The zero-order valence-electron chi connectivity index (χ0n) is 25.6. The molecule has 0 aromatic heterocycles. The van der Waals surface area contributed by atoms with Crippen LogP contribution in [0.1, 0.15) is 83.6 Å². The van der Waals surface area contributed by atoms with Crippen LogP contribution < -0.4 is 5.32 Å². The molecule has 4 aliphatic carbocycles. The Hall–Kier alpha value is -3.76. The Bertz CT molecular complexity index is 1390. The van der Waals surface area contributed by atoms with Gasteiger partial charge in [0, 0.05) is 30.7 Å². The third-order valence-corrected chi connectivity index (χ3v) is 11.2. The summed E-state index contributed by atoms with van der Waals surface area (Å²) >= 11 is 0. The molecule has 44 heavy (non-hydrogen) atoms. The maximum Gasteiger partial charge on any atom is 0.328 e. The number of ether oxygens (including phenoxy) is 2. The lowest BCUT2D eigenvalue weighted by Crippen LogP contribution is -2.51. The third kappa shape index (κ3) is 5.97. The first kappa shape index (κ1) is 31.7. The summed E-state index contributed by atoms with van der Waals surface area (Å²) in [6.45, 7) is 4.60. The molecule has 1 aromatic carbocycles. The number of phenols is 1. The summed E-state index contributed by atoms with van der Waals surface area (Å²) in [5, 5.41) is 23.4. The van der Waals surface area contributed by atoms with Gasteiger partial charge in [0.1, 0.15) is 12.1 Å². The summed E-state index contributed by atoms with van der Waals surface area (Å²) in [5.74, 6) is -0.455. The van der Waals surface area contributed by atoms with Crippen LogP contribution in [0, 0.1) is 38.7 Å². The summed E-state index contributed by atoms with van der Waals surface area (Å²) in [6, 6.07) is 2.58. The molecule has 7 atom stereocenters. The van der Waals surface area contributed by atoms with Crippen molar-refractivity contribution in [1.82, 2.24) is 5.32 Å². The average Bonchev–Trinajstić information content (AvgIpc) is 3.32. The highest BCUT2D eigenvalue weighted by molar-refractivity contribution is 5.91. The first-order valence-electron chi connectivity index (χ1n) is 15.6. The number of methoxy groups -OCH3 is 1. The van der Waals surface area contributed by atoms with E-state index < -0.39 is 40.2 Å². The second-order valence-electron chi connectivity index (χ2n) is 13.5. The van der Waals surface area contributed by atoms with Crippen molar-refractivity contribution in [3.8, 4) is 5.75 Å². The van der Waals surface area contributed by atoms with Crippen LogP contribution in [0.4, 0.5) is 5.69 Å². The molecule has 0 radical (unpaired) electrons. The second kappa shape index (κ2) is 12.3. The predicted molar refractivity (Wildman–Crippen MR) is 158 cm³/mol. The average molecular weight is 611 g/mol. The van der Waals surface area contributed by atoms with Gasteiger partial charge >= 0.3 is 17.6 Å². The number of ketones is 1. The van der Waals surface area contributed by atoms with Crippen LogP contribution in [0.15, 0.2) is 29.8 Å². The molecular weight excluding hydrogens is 568 g/mol. The van der Waals surface area contributed by atoms with Gasteiger partial charge in [0.15, 0.2) is 11.5 Å². The number of nitrogens with one attached hydrogen (secondary N) is 1. The molecule has 0 saturated heterocycles. The van der Waals surface area contributed by atoms with E-state index in [0.717, 1.165) is 57.1 Å². The third-order valence-electron chi connectivity index (χ3n) is 11.2. The Morgan fingerprint density at radius 2 is 1.86 bits per heavy atom. The van der Waals surface area contributed by atoms with Crippen molar-refractivity contribution in [3.05, 3.63) is 45.5 Å². The fourth-order valence-corrected chi connectivity index (χ4v) is 8.82. The monoisotopic (exact) mass is 610 g/mol. The van der Waals surface area contributed by atoms with Crippen LogP contribution in [0.2, 0.25) is 0 Å². The van der Waals surface area contributed by atoms with Gasteiger partial charge in [0.25, 0.3) is 0 Å². The fourth-order valence-electron chi connectivity index (χ4n) is 8.82. The Kier molecular flexibility index (Phi) is 8.87. The second-order valence-corrected chi connectivity index (χ2v) is 13.5. The topological polar surface area (TPSA) is 162 Å². The van der Waals surface area contributed by atoms with Gasteiger partial charge in [-0.25, -0.2) is 4.79 Å². The minimum absolute atomic E-state index is 0.0827. The largest absolute Gasteiger partial charge is 0.502 e. The van der Waals surface area contributed by atoms with Crippen LogP contribution in [0.25, 0.3) is 0 Å². The molecule has 11 nitrogen and oxygen atoms in total. The highest BCUT2D eigenvalue weighted by Crippen LogP contribution is 2.65. The van der Waals surface area contributed by atoms with Crippen LogP contribution in [0.3, 0.4) is 0 Å². The van der Waals surface area contributed by atoms with Gasteiger partial charge in [-0.1, -0.05) is 25.5 Å². The Labute approximate surface area is 256 Å². The minimum atomic E-state index is -1.13. The van der Waals surface area contributed by atoms with Gasteiger partial charge in [-0.3, -0.25) is 24.5 Å². The van der Waals surface area contributed by atoms with Gasteiger partial charge in [-0.05, 0) is 85.8 Å². The molecule has 0 heterocycles. The maximum atomic E-state index is 13.0. The number of benzene rings is 1. The zero-order chi connectivity index (χ0) is 31.8. The maximum absolute atomic E-state index is 13.0. The van der Waals surface area contributed by atoms with Crippen LogP contribution in [-0.4, -0.2) is 52.9 Å². The number of nitro groups is 1. The Balaban J connectivity index is 1.16. The SMILES string of the molecule is COC(=O)C(Cc1ccc(O)c([N+](=O)[O-])c1)NC(=O)CCC(=O)OC1CCC2C3CCC4=CC(=O)CCC4(C)C3CCC12C. The highest BCUT2D eigenvalue weighted by atomic mass is 16.6. The summed E-state index contributed by atoms with van der Waals surface area (Å²) in [6.07, 6.45) is 8.66. The van der Waals surface area contributed by atoms with E-state index in [2.05, 4.69) is 19.2 Å². The van der Waals surface area contributed by atoms with Crippen molar-refractivity contribution in [2.45, 2.75) is 96.6 Å². The smallest absolute Gasteiger partial charge is 0.328 e. The fraction of sp³-hybridized carbons (Fsp3) is 0.636. The lowest BCUT2D eigenvalue weighted by atomic mass is 9.47. The van der Waals surface area contributed by atoms with Gasteiger partial charge < -0.3 is 19.9 Å². The normalized spacial score (nSPS) is 31.4. The van der Waals surface area contributed by atoms with Crippen LogP contribution in [-0.2, 0) is 35.1 Å². The number of hydrogen-bond donors (Lipinski definition) is 2. The Morgan fingerprint density at radius 3 is 2.59 bits per heavy atom. The number of esters is 2. The zero-order valence-corrected chi connectivity index (χ0v) is 25.6. The van der Waals surface area contributed by atoms with Crippen molar-refractivity contribution >= 4 is 29.3 Å². The predicted octanol–water partition coefficient (Wildman–Crippen LogP) is 4.72. The molecule has 3 saturated carbocycles. The number of rotatable bonds is 9. The van der Waals surface area contributed by atoms with E-state index in [1.54, 1.807) is 0 Å². The molecule has 2 N–H and O–H groups in total. The van der Waals surface area contributed by atoms with Crippen molar-refractivity contribution in [1.29, 1.82) is 0 Å². The van der Waals surface area contributed by atoms with E-state index in [1.165, 1.54) is 18.7 Å². The first-order chi connectivity index (χ1) is 20.9. The number of nitrogens with zero attached hydrogens (tertiary/aromatic N) is 1. The Morgan fingerprint density at radius 1 is 1.09 bits per heavy atom. The van der Waals surface area contributed by atoms with Crippen molar-refractivity contribution in [2.24, 2.45) is 28.6 Å². The molecular formula is C33H42N2O9. The van der Waals surface area contributed by atoms with E-state index in [-0.39, 0.29) is 42.0 Å². The molecule has 238 valence electrons. The highest BCUT2D eigenvalue weighted by Gasteiger charge is 2.60. The first-order valence-corrected chi connectivity index (χ1v) is 15.6. The van der Waals surface area contributed by atoms with Gasteiger partial charge in [0.2, 0.25) is 5.91 Å². The number of carbonyl (C=O) groups is 4. The van der Waals surface area contributed by atoms with E-state index in [1.807, 2.05) is 6.08 Å². The van der Waals surface area contributed by atoms with Crippen molar-refractivity contribution in [3.63, 3.8) is 0 Å². The van der Waals surface area contributed by atoms with Crippen molar-refractivity contribution < 1.29 is 38.7 Å². The molecule has 5 rings (SSSR count). The number of allylic oxidation sites excluding steroid dienone is 1. The molecule has 7 unspecified atom stereocenters. The van der Waals surface area contributed by atoms with Gasteiger partial charge in [-0.2, -0.15) is 0 Å². The molecule has 0 bridgehead atoms. The molecule has 4 aliphatic rings. The summed E-state index contributed by atoms with van der Waals surface area (Å²) in [5.41, 5.74) is 1.13. The lowest BCUT2D eigenvalue weighted by molar-refractivity contribution is -0.385. The standard InChI is InChI=1S/C33H42N2O9/c1-32-14-12-21(36)18-20(32)5-6-22-23-7-9-28(33(23,2)15-13-24(22)32)44-30(39)11-10-29(38)34-25(31(40)43-3)16-19-4-8-27(37)26(17-19)35(41)42/h4,8,17-18,22-25,28,37H,5-7,9-16H2,1-3H3,(H,34,38). The van der Waals surface area contributed by atoms with E-state index in [4.69, 9.17) is 9.47 Å². The van der Waals surface area contributed by atoms with E-state index in [9.17, 15) is 34.4 Å². The lowest BCUT2D eigenvalue weighted by Gasteiger charge is -2.57. The van der Waals surface area contributed by atoms with E-state index >= 15 is 0 Å². The van der Waals surface area contributed by atoms with Crippen molar-refractivity contribution in [2.75, 3.05) is 7.11 Å². The number of amides is 1. The number of hydrogen-bond acceptors (Lipinski definition) is 9. The number of nitro benzene ring substituents is 1. The molecule has 1 aromatic rings. The number of phenolic OH excluding ortho intramolecular Hbond substituents is 1. The molecule has 1 amide bonds. The molecule has 11 heteroatoms. The minimum Gasteiger partial charge on any atom is -0.502 e. The summed E-state index contributed by atoms with van der Waals surface area (Å²) < 4.78 is 10.8. The molecule has 0 spiro atoms.